The van der Waals surface area contributed by atoms with E-state index < -0.39 is 0 Å². The molecular formula is C12H19ClN4O. The van der Waals surface area contributed by atoms with Crippen LogP contribution in [0.5, 0.6) is 6.01 Å². The minimum atomic E-state index is 0.186. The van der Waals surface area contributed by atoms with Crippen molar-refractivity contribution >= 4 is 17.5 Å². The van der Waals surface area contributed by atoms with Crippen molar-refractivity contribution < 1.29 is 4.74 Å². The second-order valence-corrected chi connectivity index (χ2v) is 4.86. The van der Waals surface area contributed by atoms with Crippen molar-refractivity contribution in [3.8, 4) is 6.01 Å². The third-order valence-electron chi connectivity index (χ3n) is 3.29. The first-order valence-corrected chi connectivity index (χ1v) is 6.85. The van der Waals surface area contributed by atoms with E-state index in [0.717, 1.165) is 0 Å². The van der Waals surface area contributed by atoms with Crippen molar-refractivity contribution in [2.24, 2.45) is 0 Å². The van der Waals surface area contributed by atoms with E-state index >= 15 is 0 Å². The smallest absolute Gasteiger partial charge is 0.322 e. The Balaban J connectivity index is 2.15. The molecule has 0 amide bonds. The van der Waals surface area contributed by atoms with Crippen LogP contribution in [0.3, 0.4) is 0 Å². The van der Waals surface area contributed by atoms with Crippen molar-refractivity contribution in [3.05, 3.63) is 5.28 Å². The van der Waals surface area contributed by atoms with E-state index in [9.17, 15) is 0 Å². The van der Waals surface area contributed by atoms with Gasteiger partial charge < -0.3 is 9.64 Å². The zero-order valence-corrected chi connectivity index (χ0v) is 11.7. The van der Waals surface area contributed by atoms with Crippen LogP contribution in [-0.2, 0) is 0 Å². The van der Waals surface area contributed by atoms with Gasteiger partial charge in [-0.2, -0.15) is 15.0 Å². The molecule has 0 bridgehead atoms. The molecule has 2 rings (SSSR count). The fourth-order valence-electron chi connectivity index (χ4n) is 2.31. The summed E-state index contributed by atoms with van der Waals surface area (Å²) in [6.45, 7) is 2.41. The lowest BCUT2D eigenvalue weighted by Crippen LogP contribution is -2.34. The molecule has 5 nitrogen and oxygen atoms in total. The molecule has 0 radical (unpaired) electrons. The summed E-state index contributed by atoms with van der Waals surface area (Å²) < 4.78 is 5.29. The van der Waals surface area contributed by atoms with Crippen LogP contribution in [0.1, 0.15) is 39.0 Å². The molecule has 1 aromatic rings. The summed E-state index contributed by atoms with van der Waals surface area (Å²) in [6.07, 6.45) is 6.23. The van der Waals surface area contributed by atoms with Gasteiger partial charge in [0.25, 0.3) is 0 Å². The van der Waals surface area contributed by atoms with Crippen molar-refractivity contribution in [2.45, 2.75) is 45.1 Å². The number of ether oxygens (including phenoxy) is 1. The Morgan fingerprint density at radius 3 is 2.61 bits per heavy atom. The lowest BCUT2D eigenvalue weighted by molar-refractivity contribution is 0.310. The van der Waals surface area contributed by atoms with Crippen LogP contribution in [0.25, 0.3) is 0 Å². The predicted molar refractivity (Wildman–Crippen MR) is 71.3 cm³/mol. The van der Waals surface area contributed by atoms with Gasteiger partial charge in [-0.25, -0.2) is 0 Å². The minimum absolute atomic E-state index is 0.186. The highest BCUT2D eigenvalue weighted by Crippen LogP contribution is 2.25. The zero-order chi connectivity index (χ0) is 13.0. The fourth-order valence-corrected chi connectivity index (χ4v) is 2.45. The lowest BCUT2D eigenvalue weighted by Gasteiger charge is -2.31. The van der Waals surface area contributed by atoms with Gasteiger partial charge in [-0.05, 0) is 31.4 Å². The maximum absolute atomic E-state index is 5.90. The van der Waals surface area contributed by atoms with Crippen LogP contribution in [0.4, 0.5) is 5.95 Å². The van der Waals surface area contributed by atoms with Gasteiger partial charge in [-0.15, -0.1) is 0 Å². The SMILES string of the molecule is CCOc1nc(Cl)nc(N(C)C2CCCCC2)n1. The van der Waals surface area contributed by atoms with E-state index in [4.69, 9.17) is 16.3 Å². The van der Waals surface area contributed by atoms with Crippen molar-refractivity contribution in [1.29, 1.82) is 0 Å². The standard InChI is InChI=1S/C12H19ClN4O/c1-3-18-12-15-10(13)14-11(16-12)17(2)9-7-5-4-6-8-9/h9H,3-8H2,1-2H3. The number of anilines is 1. The molecule has 0 aromatic carbocycles. The summed E-state index contributed by atoms with van der Waals surface area (Å²) in [5.41, 5.74) is 0. The van der Waals surface area contributed by atoms with Gasteiger partial charge >= 0.3 is 6.01 Å². The predicted octanol–water partition coefficient (Wildman–Crippen LogP) is 2.69. The highest BCUT2D eigenvalue weighted by molar-refractivity contribution is 6.28. The quantitative estimate of drug-likeness (QED) is 0.842. The zero-order valence-electron chi connectivity index (χ0n) is 10.9. The number of halogens is 1. The molecule has 1 fully saturated rings. The molecular weight excluding hydrogens is 252 g/mol. The molecule has 1 saturated carbocycles. The topological polar surface area (TPSA) is 51.1 Å². The van der Waals surface area contributed by atoms with Gasteiger partial charge in [0.1, 0.15) is 0 Å². The highest BCUT2D eigenvalue weighted by Gasteiger charge is 2.21. The molecule has 0 N–H and O–H groups in total. The molecule has 0 aliphatic heterocycles. The summed E-state index contributed by atoms with van der Waals surface area (Å²) in [4.78, 5) is 14.5. The van der Waals surface area contributed by atoms with Crippen molar-refractivity contribution in [2.75, 3.05) is 18.6 Å². The first-order valence-electron chi connectivity index (χ1n) is 6.48. The van der Waals surface area contributed by atoms with Gasteiger partial charge in [0.2, 0.25) is 11.2 Å². The second-order valence-electron chi connectivity index (χ2n) is 4.52. The number of aromatic nitrogens is 3. The Morgan fingerprint density at radius 2 is 1.94 bits per heavy atom. The van der Waals surface area contributed by atoms with E-state index in [-0.39, 0.29) is 5.28 Å². The molecule has 18 heavy (non-hydrogen) atoms. The third kappa shape index (κ3) is 3.22. The van der Waals surface area contributed by atoms with Gasteiger partial charge in [0.15, 0.2) is 0 Å². The Morgan fingerprint density at radius 1 is 1.22 bits per heavy atom. The largest absolute Gasteiger partial charge is 0.464 e. The van der Waals surface area contributed by atoms with E-state index in [1.54, 1.807) is 0 Å². The molecule has 0 saturated heterocycles. The molecule has 1 aromatic heterocycles. The third-order valence-corrected chi connectivity index (χ3v) is 3.46. The Kier molecular flexibility index (Phi) is 4.58. The van der Waals surface area contributed by atoms with Gasteiger partial charge in [0, 0.05) is 13.1 Å². The molecule has 1 aliphatic carbocycles. The van der Waals surface area contributed by atoms with Crippen LogP contribution in [0, 0.1) is 0 Å². The Hall–Kier alpha value is -1.10. The number of hydrogen-bond donors (Lipinski definition) is 0. The van der Waals surface area contributed by atoms with Crippen LogP contribution >= 0.6 is 11.6 Å². The van der Waals surface area contributed by atoms with Gasteiger partial charge in [-0.1, -0.05) is 19.3 Å². The monoisotopic (exact) mass is 270 g/mol. The Labute approximate surface area is 113 Å². The van der Waals surface area contributed by atoms with Crippen molar-refractivity contribution in [3.63, 3.8) is 0 Å². The van der Waals surface area contributed by atoms with E-state index in [1.165, 1.54) is 32.1 Å². The summed E-state index contributed by atoms with van der Waals surface area (Å²) in [5.74, 6) is 0.602. The maximum Gasteiger partial charge on any atom is 0.322 e. The summed E-state index contributed by atoms with van der Waals surface area (Å²) in [7, 11) is 2.01. The molecule has 0 unspecified atom stereocenters. The van der Waals surface area contributed by atoms with Crippen LogP contribution in [0.15, 0.2) is 0 Å². The average Bonchev–Trinajstić information content (AvgIpc) is 2.38. The number of rotatable bonds is 4. The highest BCUT2D eigenvalue weighted by atomic mass is 35.5. The fraction of sp³-hybridized carbons (Fsp3) is 0.750. The van der Waals surface area contributed by atoms with Crippen molar-refractivity contribution in [1.82, 2.24) is 15.0 Å². The average molecular weight is 271 g/mol. The van der Waals surface area contributed by atoms with E-state index in [2.05, 4.69) is 19.9 Å². The Bertz CT molecular complexity index is 396. The van der Waals surface area contributed by atoms with E-state index in [0.29, 0.717) is 24.6 Å². The molecule has 1 heterocycles. The molecule has 6 heteroatoms. The number of hydrogen-bond acceptors (Lipinski definition) is 5. The van der Waals surface area contributed by atoms with Gasteiger partial charge in [-0.3, -0.25) is 0 Å². The summed E-state index contributed by atoms with van der Waals surface area (Å²) >= 11 is 5.90. The number of nitrogens with zero attached hydrogens (tertiary/aromatic N) is 4. The van der Waals surface area contributed by atoms with E-state index in [1.807, 2.05) is 14.0 Å². The second kappa shape index (κ2) is 6.18. The van der Waals surface area contributed by atoms with Crippen LogP contribution in [0.2, 0.25) is 5.28 Å². The lowest BCUT2D eigenvalue weighted by atomic mass is 9.95. The molecule has 0 spiro atoms. The van der Waals surface area contributed by atoms with Gasteiger partial charge in [0.05, 0.1) is 6.61 Å². The first kappa shape index (κ1) is 13.3. The first-order chi connectivity index (χ1) is 8.70. The minimum Gasteiger partial charge on any atom is -0.464 e. The normalized spacial score (nSPS) is 16.6. The van der Waals surface area contributed by atoms with Crippen LogP contribution in [-0.4, -0.2) is 34.6 Å². The molecule has 100 valence electrons. The molecule has 1 aliphatic rings. The maximum atomic E-state index is 5.90. The molecule has 0 atom stereocenters. The summed E-state index contributed by atoms with van der Waals surface area (Å²) in [6, 6.07) is 0.793. The van der Waals surface area contributed by atoms with Crippen LogP contribution < -0.4 is 9.64 Å². The summed E-state index contributed by atoms with van der Waals surface area (Å²) in [5, 5.41) is 0.186.